The first-order valence-corrected chi connectivity index (χ1v) is 7.50. The highest BCUT2D eigenvalue weighted by Crippen LogP contribution is 2.73. The van der Waals surface area contributed by atoms with Gasteiger partial charge in [0.05, 0.1) is 0 Å². The first-order chi connectivity index (χ1) is 8.64. The topological polar surface area (TPSA) is 26.3 Å². The molecular weight excluding hydrogens is 236 g/mol. The van der Waals surface area contributed by atoms with E-state index >= 15 is 0 Å². The summed E-state index contributed by atoms with van der Waals surface area (Å²) in [7, 11) is 0. The zero-order valence-corrected chi connectivity index (χ0v) is 12.7. The fourth-order valence-corrected chi connectivity index (χ4v) is 6.58. The van der Waals surface area contributed by atoms with Crippen LogP contribution in [-0.2, 0) is 9.53 Å². The Morgan fingerprint density at radius 2 is 1.63 bits per heavy atom. The normalized spacial score (nSPS) is 55.1. The molecule has 0 aromatic heterocycles. The van der Waals surface area contributed by atoms with Gasteiger partial charge in [0.25, 0.3) is 0 Å². The number of carbonyl (C=O) groups excluding carboxylic acids is 1. The summed E-state index contributed by atoms with van der Waals surface area (Å²) in [6.07, 6.45) is 7.24. The van der Waals surface area contributed by atoms with Crippen LogP contribution >= 0.6 is 0 Å². The van der Waals surface area contributed by atoms with Gasteiger partial charge in [-0.15, -0.1) is 0 Å². The van der Waals surface area contributed by atoms with Crippen molar-refractivity contribution >= 4 is 5.97 Å². The van der Waals surface area contributed by atoms with Crippen LogP contribution < -0.4 is 0 Å². The molecular formula is C17H26O2. The van der Waals surface area contributed by atoms with Crippen LogP contribution in [0.1, 0.15) is 59.8 Å². The predicted octanol–water partition coefficient (Wildman–Crippen LogP) is 4.10. The molecule has 4 bridgehead atoms. The van der Waals surface area contributed by atoms with Crippen molar-refractivity contribution in [1.82, 2.24) is 0 Å². The van der Waals surface area contributed by atoms with E-state index in [1.807, 2.05) is 0 Å². The monoisotopic (exact) mass is 262 g/mol. The van der Waals surface area contributed by atoms with Gasteiger partial charge in [0.2, 0.25) is 0 Å². The van der Waals surface area contributed by atoms with Crippen molar-refractivity contribution in [2.75, 3.05) is 0 Å². The van der Waals surface area contributed by atoms with Gasteiger partial charge in [0.1, 0.15) is 5.60 Å². The maximum Gasteiger partial charge on any atom is 0.330 e. The maximum atomic E-state index is 11.8. The third-order valence-electron chi connectivity index (χ3n) is 6.27. The summed E-state index contributed by atoms with van der Waals surface area (Å²) in [5.74, 6) is 0.204. The van der Waals surface area contributed by atoms with Gasteiger partial charge in [-0.2, -0.15) is 0 Å². The molecule has 0 spiro atoms. The molecule has 4 fully saturated rings. The lowest BCUT2D eigenvalue weighted by atomic mass is 9.36. The molecule has 0 heterocycles. The lowest BCUT2D eigenvalue weighted by Crippen LogP contribution is -2.67. The molecule has 3 unspecified atom stereocenters. The predicted molar refractivity (Wildman–Crippen MR) is 75.6 cm³/mol. The third-order valence-corrected chi connectivity index (χ3v) is 6.27. The zero-order chi connectivity index (χ0) is 14.1. The summed E-state index contributed by atoms with van der Waals surface area (Å²) >= 11 is 0. The van der Waals surface area contributed by atoms with Crippen molar-refractivity contribution in [3.8, 4) is 0 Å². The standard InChI is InChI=1S/C17H26O2/c1-6-13(18)19-17-10-14(3)7-15(4,11-17)9-16(5,8-14)12(17)2/h6,12H,1,7-11H2,2-5H3. The minimum absolute atomic E-state index is 0.246. The molecule has 0 aromatic carbocycles. The van der Waals surface area contributed by atoms with Crippen molar-refractivity contribution in [3.63, 3.8) is 0 Å². The van der Waals surface area contributed by atoms with Crippen LogP contribution in [0.2, 0.25) is 0 Å². The highest BCUT2D eigenvalue weighted by atomic mass is 16.6. The fraction of sp³-hybridized carbons (Fsp3) is 0.824. The number of esters is 1. The molecule has 4 rings (SSSR count). The van der Waals surface area contributed by atoms with Crippen molar-refractivity contribution in [3.05, 3.63) is 12.7 Å². The highest BCUT2D eigenvalue weighted by Gasteiger charge is 2.69. The third kappa shape index (κ3) is 1.71. The van der Waals surface area contributed by atoms with Gasteiger partial charge in [0, 0.05) is 12.0 Å². The van der Waals surface area contributed by atoms with Crippen molar-refractivity contribution in [1.29, 1.82) is 0 Å². The summed E-state index contributed by atoms with van der Waals surface area (Å²) < 4.78 is 5.95. The molecule has 0 saturated heterocycles. The van der Waals surface area contributed by atoms with Gasteiger partial charge in [0.15, 0.2) is 0 Å². The largest absolute Gasteiger partial charge is 0.456 e. The average molecular weight is 262 g/mol. The Labute approximate surface area is 116 Å². The molecule has 4 saturated carbocycles. The van der Waals surface area contributed by atoms with Crippen LogP contribution in [0.5, 0.6) is 0 Å². The summed E-state index contributed by atoms with van der Waals surface area (Å²) in [4.78, 5) is 11.8. The second-order valence-corrected chi connectivity index (χ2v) is 8.57. The van der Waals surface area contributed by atoms with Gasteiger partial charge < -0.3 is 4.74 Å². The molecule has 19 heavy (non-hydrogen) atoms. The molecule has 3 atom stereocenters. The Morgan fingerprint density at radius 1 is 1.11 bits per heavy atom. The maximum absolute atomic E-state index is 11.8. The molecule has 0 aliphatic heterocycles. The van der Waals surface area contributed by atoms with E-state index in [0.717, 1.165) is 12.8 Å². The smallest absolute Gasteiger partial charge is 0.330 e. The van der Waals surface area contributed by atoms with E-state index in [1.54, 1.807) is 0 Å². The molecule has 0 N–H and O–H groups in total. The molecule has 2 nitrogen and oxygen atoms in total. The molecule has 0 radical (unpaired) electrons. The number of carbonyl (C=O) groups is 1. The molecule has 106 valence electrons. The lowest BCUT2D eigenvalue weighted by Gasteiger charge is -2.71. The summed E-state index contributed by atoms with van der Waals surface area (Å²) in [5, 5.41) is 0. The Morgan fingerprint density at radius 3 is 2.11 bits per heavy atom. The average Bonchev–Trinajstić information content (AvgIpc) is 2.21. The van der Waals surface area contributed by atoms with Gasteiger partial charge >= 0.3 is 5.97 Å². The van der Waals surface area contributed by atoms with E-state index in [2.05, 4.69) is 34.3 Å². The van der Waals surface area contributed by atoms with Crippen molar-refractivity contribution in [2.24, 2.45) is 22.2 Å². The van der Waals surface area contributed by atoms with E-state index in [4.69, 9.17) is 4.74 Å². The lowest BCUT2D eigenvalue weighted by molar-refractivity contribution is -0.263. The number of ether oxygens (including phenoxy) is 1. The number of rotatable bonds is 2. The van der Waals surface area contributed by atoms with E-state index < -0.39 is 0 Å². The fourth-order valence-electron chi connectivity index (χ4n) is 6.58. The second-order valence-electron chi connectivity index (χ2n) is 8.57. The molecule has 4 aliphatic rings. The van der Waals surface area contributed by atoms with E-state index in [0.29, 0.717) is 22.2 Å². The molecule has 4 aliphatic carbocycles. The van der Waals surface area contributed by atoms with Gasteiger partial charge in [-0.05, 0) is 48.3 Å². The quantitative estimate of drug-likeness (QED) is 0.553. The molecule has 0 aromatic rings. The van der Waals surface area contributed by atoms with Gasteiger partial charge in [-0.1, -0.05) is 34.3 Å². The van der Waals surface area contributed by atoms with Gasteiger partial charge in [-0.3, -0.25) is 0 Å². The SMILES string of the molecule is C=CC(=O)OC12CC3(C)CC(C)(CC(C)(C3)C1C)C2. The summed E-state index contributed by atoms with van der Waals surface area (Å²) in [6, 6.07) is 0. The van der Waals surface area contributed by atoms with E-state index in [1.165, 1.54) is 25.3 Å². The molecule has 2 heteroatoms. The van der Waals surface area contributed by atoms with E-state index in [-0.39, 0.29) is 11.6 Å². The van der Waals surface area contributed by atoms with Crippen molar-refractivity contribution < 1.29 is 9.53 Å². The summed E-state index contributed by atoms with van der Waals surface area (Å²) in [5.41, 5.74) is 0.750. The van der Waals surface area contributed by atoms with E-state index in [9.17, 15) is 4.79 Å². The summed E-state index contributed by atoms with van der Waals surface area (Å²) in [6.45, 7) is 13.0. The van der Waals surface area contributed by atoms with Crippen LogP contribution in [0, 0.1) is 22.2 Å². The minimum atomic E-state index is -0.252. The number of hydrogen-bond donors (Lipinski definition) is 0. The Hall–Kier alpha value is -0.790. The molecule has 0 amide bonds. The minimum Gasteiger partial charge on any atom is -0.456 e. The van der Waals surface area contributed by atoms with Gasteiger partial charge in [-0.25, -0.2) is 4.79 Å². The Bertz CT molecular complexity index is 432. The first kappa shape index (κ1) is 13.2. The van der Waals surface area contributed by atoms with Crippen molar-refractivity contribution in [2.45, 2.75) is 65.4 Å². The Kier molecular flexibility index (Phi) is 2.40. The van der Waals surface area contributed by atoms with Crippen LogP contribution in [0.15, 0.2) is 12.7 Å². The number of hydrogen-bond acceptors (Lipinski definition) is 2. The highest BCUT2D eigenvalue weighted by molar-refractivity contribution is 5.81. The second kappa shape index (κ2) is 3.45. The zero-order valence-electron chi connectivity index (χ0n) is 12.7. The van der Waals surface area contributed by atoms with Crippen LogP contribution in [0.25, 0.3) is 0 Å². The van der Waals surface area contributed by atoms with Crippen LogP contribution in [0.4, 0.5) is 0 Å². The van der Waals surface area contributed by atoms with Crippen LogP contribution in [0.3, 0.4) is 0 Å². The Balaban J connectivity index is 2.05. The first-order valence-electron chi connectivity index (χ1n) is 7.50. The van der Waals surface area contributed by atoms with Crippen LogP contribution in [-0.4, -0.2) is 11.6 Å².